The van der Waals surface area contributed by atoms with E-state index in [1.165, 1.54) is 7.11 Å². The van der Waals surface area contributed by atoms with Crippen LogP contribution in [-0.4, -0.2) is 30.7 Å². The fourth-order valence-corrected chi connectivity index (χ4v) is 3.34. The summed E-state index contributed by atoms with van der Waals surface area (Å²) in [5, 5.41) is 15.0. The number of methoxy groups -OCH3 is 1. The first kappa shape index (κ1) is 21.5. The average molecular weight is 403 g/mol. The lowest BCUT2D eigenvalue weighted by molar-refractivity contribution is 0.102. The van der Waals surface area contributed by atoms with E-state index in [2.05, 4.69) is 10.6 Å². The zero-order valence-electron chi connectivity index (χ0n) is 15.8. The molecule has 1 aromatic heterocycles. The molecule has 2 aromatic rings. The van der Waals surface area contributed by atoms with Gasteiger partial charge in [0.25, 0.3) is 11.5 Å². The van der Waals surface area contributed by atoms with Crippen LogP contribution in [0.1, 0.15) is 40.4 Å². The predicted molar refractivity (Wildman–Crippen MR) is 109 cm³/mol. The molecular formula is C20H23ClN4O3. The van der Waals surface area contributed by atoms with Crippen LogP contribution in [0.3, 0.4) is 0 Å². The van der Waals surface area contributed by atoms with Crippen molar-refractivity contribution in [3.63, 3.8) is 0 Å². The molecule has 28 heavy (non-hydrogen) atoms. The predicted octanol–water partition coefficient (Wildman–Crippen LogP) is 2.64. The van der Waals surface area contributed by atoms with Gasteiger partial charge in [0.05, 0.1) is 24.4 Å². The molecule has 1 aliphatic rings. The number of halogens is 1. The Morgan fingerprint density at radius 1 is 1.32 bits per heavy atom. The van der Waals surface area contributed by atoms with Gasteiger partial charge < -0.3 is 19.9 Å². The fraction of sp³-hybridized carbons (Fsp3) is 0.350. The molecule has 2 heterocycles. The Bertz CT molecular complexity index is 959. The molecule has 1 saturated heterocycles. The highest BCUT2D eigenvalue weighted by Gasteiger charge is 2.22. The summed E-state index contributed by atoms with van der Waals surface area (Å²) < 4.78 is 6.91. The number of benzene rings is 1. The fourth-order valence-electron chi connectivity index (χ4n) is 3.34. The number of hydrogen-bond acceptors (Lipinski definition) is 5. The first-order valence-electron chi connectivity index (χ1n) is 8.87. The van der Waals surface area contributed by atoms with Gasteiger partial charge in [-0.2, -0.15) is 5.26 Å². The lowest BCUT2D eigenvalue weighted by atomic mass is 10.0. The SMILES string of the molecule is COc1cc(C#N)ccc1NC(=O)c1c(C)ccn(C2CCNCC2)c1=O.Cl. The van der Waals surface area contributed by atoms with Gasteiger partial charge in [-0.15, -0.1) is 12.4 Å². The van der Waals surface area contributed by atoms with E-state index in [9.17, 15) is 9.59 Å². The van der Waals surface area contributed by atoms with Crippen molar-refractivity contribution in [2.75, 3.05) is 25.5 Å². The zero-order valence-corrected chi connectivity index (χ0v) is 16.6. The Morgan fingerprint density at radius 2 is 2.04 bits per heavy atom. The topological polar surface area (TPSA) is 96.2 Å². The van der Waals surface area contributed by atoms with E-state index in [0.717, 1.165) is 25.9 Å². The summed E-state index contributed by atoms with van der Waals surface area (Å²) in [5.41, 5.74) is 1.30. The maximum Gasteiger partial charge on any atom is 0.263 e. The third-order valence-corrected chi connectivity index (χ3v) is 4.84. The van der Waals surface area contributed by atoms with Crippen LogP contribution in [0, 0.1) is 18.3 Å². The molecule has 0 unspecified atom stereocenters. The van der Waals surface area contributed by atoms with Gasteiger partial charge in [0.1, 0.15) is 11.3 Å². The van der Waals surface area contributed by atoms with Crippen LogP contribution in [0.2, 0.25) is 0 Å². The minimum absolute atomic E-state index is 0. The van der Waals surface area contributed by atoms with Crippen molar-refractivity contribution in [1.82, 2.24) is 9.88 Å². The van der Waals surface area contributed by atoms with E-state index in [0.29, 0.717) is 22.6 Å². The minimum Gasteiger partial charge on any atom is -0.495 e. The van der Waals surface area contributed by atoms with Gasteiger partial charge in [-0.05, 0) is 56.6 Å². The second-order valence-corrected chi connectivity index (χ2v) is 6.55. The van der Waals surface area contributed by atoms with E-state index in [1.807, 2.05) is 6.07 Å². The minimum atomic E-state index is -0.483. The second-order valence-electron chi connectivity index (χ2n) is 6.55. The zero-order chi connectivity index (χ0) is 19.4. The number of aryl methyl sites for hydroxylation is 1. The molecule has 0 spiro atoms. The van der Waals surface area contributed by atoms with Crippen molar-refractivity contribution in [1.29, 1.82) is 5.26 Å². The molecule has 0 atom stereocenters. The summed E-state index contributed by atoms with van der Waals surface area (Å²) in [6.45, 7) is 3.46. The monoisotopic (exact) mass is 402 g/mol. The molecule has 7 nitrogen and oxygen atoms in total. The second kappa shape index (κ2) is 9.40. The van der Waals surface area contributed by atoms with Crippen molar-refractivity contribution in [3.8, 4) is 11.8 Å². The number of rotatable bonds is 4. The summed E-state index contributed by atoms with van der Waals surface area (Å²) >= 11 is 0. The number of aromatic nitrogens is 1. The number of nitriles is 1. The van der Waals surface area contributed by atoms with E-state index in [-0.39, 0.29) is 29.6 Å². The number of nitrogens with zero attached hydrogens (tertiary/aromatic N) is 2. The third kappa shape index (κ3) is 4.35. The summed E-state index contributed by atoms with van der Waals surface area (Å²) in [5.74, 6) is -0.113. The van der Waals surface area contributed by atoms with Gasteiger partial charge in [0, 0.05) is 18.3 Å². The maximum atomic E-state index is 13.0. The van der Waals surface area contributed by atoms with Crippen LogP contribution >= 0.6 is 12.4 Å². The molecule has 0 aliphatic carbocycles. The van der Waals surface area contributed by atoms with Gasteiger partial charge in [-0.3, -0.25) is 9.59 Å². The molecule has 8 heteroatoms. The van der Waals surface area contributed by atoms with Crippen molar-refractivity contribution in [3.05, 3.63) is 57.5 Å². The van der Waals surface area contributed by atoms with Gasteiger partial charge in [0.15, 0.2) is 0 Å². The Kier molecular flexibility index (Phi) is 7.21. The molecule has 1 aromatic carbocycles. The van der Waals surface area contributed by atoms with Crippen molar-refractivity contribution < 1.29 is 9.53 Å². The van der Waals surface area contributed by atoms with Gasteiger partial charge in [0.2, 0.25) is 0 Å². The Hall–Kier alpha value is -2.82. The van der Waals surface area contributed by atoms with Crippen LogP contribution in [0.5, 0.6) is 5.75 Å². The van der Waals surface area contributed by atoms with E-state index in [1.54, 1.807) is 42.0 Å². The van der Waals surface area contributed by atoms with Crippen LogP contribution in [0.25, 0.3) is 0 Å². The molecular weight excluding hydrogens is 380 g/mol. The number of hydrogen-bond donors (Lipinski definition) is 2. The molecule has 148 valence electrons. The van der Waals surface area contributed by atoms with Gasteiger partial charge in [-0.25, -0.2) is 0 Å². The number of carbonyl (C=O) groups is 1. The van der Waals surface area contributed by atoms with Crippen molar-refractivity contribution >= 4 is 24.0 Å². The van der Waals surface area contributed by atoms with E-state index in [4.69, 9.17) is 10.00 Å². The normalized spacial score (nSPS) is 13.9. The summed E-state index contributed by atoms with van der Waals surface area (Å²) in [6.07, 6.45) is 3.48. The first-order chi connectivity index (χ1) is 13.0. The molecule has 0 saturated carbocycles. The van der Waals surface area contributed by atoms with Crippen molar-refractivity contribution in [2.45, 2.75) is 25.8 Å². The molecule has 3 rings (SSSR count). The standard InChI is InChI=1S/C20H22N4O3.ClH/c1-13-7-10-24(15-5-8-22-9-6-15)20(26)18(13)19(25)23-16-4-3-14(12-21)11-17(16)27-2;/h3-4,7,10-11,15,22H,5-6,8-9H2,1-2H3,(H,23,25);1H. The van der Waals surface area contributed by atoms with E-state index >= 15 is 0 Å². The molecule has 2 N–H and O–H groups in total. The quantitative estimate of drug-likeness (QED) is 0.819. The molecule has 0 bridgehead atoms. The van der Waals surface area contributed by atoms with Crippen LogP contribution in [0.15, 0.2) is 35.3 Å². The number of pyridine rings is 1. The first-order valence-corrected chi connectivity index (χ1v) is 8.87. The number of amides is 1. The third-order valence-electron chi connectivity index (χ3n) is 4.84. The van der Waals surface area contributed by atoms with Crippen LogP contribution < -0.4 is 20.9 Å². The molecule has 0 radical (unpaired) electrons. The van der Waals surface area contributed by atoms with Crippen molar-refractivity contribution in [2.24, 2.45) is 0 Å². The number of ether oxygens (including phenoxy) is 1. The highest BCUT2D eigenvalue weighted by atomic mass is 35.5. The summed E-state index contributed by atoms with van der Waals surface area (Å²) in [4.78, 5) is 25.8. The molecule has 1 fully saturated rings. The number of piperidine rings is 1. The lowest BCUT2D eigenvalue weighted by Gasteiger charge is -2.25. The Labute approximate surface area is 169 Å². The highest BCUT2D eigenvalue weighted by Crippen LogP contribution is 2.26. The van der Waals surface area contributed by atoms with E-state index < -0.39 is 5.91 Å². The highest BCUT2D eigenvalue weighted by molar-refractivity contribution is 6.05. The lowest BCUT2D eigenvalue weighted by Crippen LogP contribution is -2.37. The van der Waals surface area contributed by atoms with Crippen LogP contribution in [0.4, 0.5) is 5.69 Å². The summed E-state index contributed by atoms with van der Waals surface area (Å²) in [6, 6.07) is 8.64. The number of anilines is 1. The largest absolute Gasteiger partial charge is 0.495 e. The van der Waals surface area contributed by atoms with Gasteiger partial charge >= 0.3 is 0 Å². The molecule has 1 amide bonds. The summed E-state index contributed by atoms with van der Waals surface area (Å²) in [7, 11) is 1.46. The number of nitrogens with one attached hydrogen (secondary N) is 2. The van der Waals surface area contributed by atoms with Gasteiger partial charge in [-0.1, -0.05) is 0 Å². The van der Waals surface area contributed by atoms with Crippen LogP contribution in [-0.2, 0) is 0 Å². The average Bonchev–Trinajstić information content (AvgIpc) is 2.69. The molecule has 1 aliphatic heterocycles. The Balaban J connectivity index is 0.00000280. The smallest absolute Gasteiger partial charge is 0.263 e. The number of carbonyl (C=O) groups excluding carboxylic acids is 1. The maximum absolute atomic E-state index is 13.0. The Morgan fingerprint density at radius 3 is 2.68 bits per heavy atom.